The van der Waals surface area contributed by atoms with Gasteiger partial charge in [-0.15, -0.1) is 0 Å². The molecule has 1 heterocycles. The van der Waals surface area contributed by atoms with E-state index >= 15 is 0 Å². The molecule has 1 fully saturated rings. The predicted octanol–water partition coefficient (Wildman–Crippen LogP) is 3.67. The number of methoxy groups -OCH3 is 1. The van der Waals surface area contributed by atoms with Crippen LogP contribution in [0.5, 0.6) is 5.75 Å². The highest BCUT2D eigenvalue weighted by molar-refractivity contribution is 5.89. The van der Waals surface area contributed by atoms with Gasteiger partial charge in [-0.2, -0.15) is 0 Å². The Morgan fingerprint density at radius 1 is 1.00 bits per heavy atom. The van der Waals surface area contributed by atoms with E-state index in [0.29, 0.717) is 0 Å². The van der Waals surface area contributed by atoms with Crippen LogP contribution in [-0.4, -0.2) is 20.3 Å². The lowest BCUT2D eigenvalue weighted by Crippen LogP contribution is -2.08. The molecule has 0 spiro atoms. The third-order valence-corrected chi connectivity index (χ3v) is 3.45. The van der Waals surface area contributed by atoms with Crippen molar-refractivity contribution in [3.05, 3.63) is 42.0 Å². The second-order valence-electron chi connectivity index (χ2n) is 4.69. The summed E-state index contributed by atoms with van der Waals surface area (Å²) in [4.78, 5) is 0. The molecule has 0 radical (unpaired) electrons. The van der Waals surface area contributed by atoms with E-state index in [1.807, 2.05) is 18.2 Å². The predicted molar refractivity (Wildman–Crippen MR) is 74.4 cm³/mol. The Hall–Kier alpha value is -1.58. The Labute approximate surface area is 113 Å². The topological polar surface area (TPSA) is 27.7 Å². The zero-order chi connectivity index (χ0) is 13.1. The molecule has 0 aliphatic carbocycles. The van der Waals surface area contributed by atoms with Gasteiger partial charge in [0, 0.05) is 5.39 Å². The third-order valence-electron chi connectivity index (χ3n) is 3.45. The number of benzene rings is 2. The Morgan fingerprint density at radius 2 is 1.74 bits per heavy atom. The molecule has 0 aromatic heterocycles. The average molecular weight is 258 g/mol. The Morgan fingerprint density at radius 3 is 2.47 bits per heavy atom. The summed E-state index contributed by atoms with van der Waals surface area (Å²) in [6.07, 6.45) is 1.78. The van der Waals surface area contributed by atoms with Crippen molar-refractivity contribution in [1.82, 2.24) is 0 Å². The van der Waals surface area contributed by atoms with Gasteiger partial charge in [0.15, 0.2) is 6.29 Å². The van der Waals surface area contributed by atoms with Crippen molar-refractivity contribution in [2.75, 3.05) is 20.3 Å². The Kier molecular flexibility index (Phi) is 3.67. The smallest absolute Gasteiger partial charge is 0.187 e. The van der Waals surface area contributed by atoms with Gasteiger partial charge in [-0.25, -0.2) is 0 Å². The Balaban J connectivity index is 2.06. The summed E-state index contributed by atoms with van der Waals surface area (Å²) in [5.41, 5.74) is 0.975. The van der Waals surface area contributed by atoms with Crippen LogP contribution < -0.4 is 4.74 Å². The molecule has 0 saturated carbocycles. The largest absolute Gasteiger partial charge is 0.496 e. The second-order valence-corrected chi connectivity index (χ2v) is 4.69. The lowest BCUT2D eigenvalue weighted by atomic mass is 10.0. The molecular weight excluding hydrogens is 240 g/mol. The fraction of sp³-hybridized carbons (Fsp3) is 0.375. The van der Waals surface area contributed by atoms with Gasteiger partial charge in [0.05, 0.1) is 25.9 Å². The van der Waals surface area contributed by atoms with E-state index in [9.17, 15) is 0 Å². The molecule has 0 bridgehead atoms. The molecule has 1 saturated heterocycles. The minimum absolute atomic E-state index is 0.318. The summed E-state index contributed by atoms with van der Waals surface area (Å²) in [6.45, 7) is 1.47. The highest BCUT2D eigenvalue weighted by atomic mass is 16.7. The van der Waals surface area contributed by atoms with Crippen molar-refractivity contribution < 1.29 is 14.2 Å². The van der Waals surface area contributed by atoms with Crippen molar-refractivity contribution in [2.24, 2.45) is 0 Å². The molecule has 2 aromatic carbocycles. The first-order valence-electron chi connectivity index (χ1n) is 6.69. The normalized spacial score (nSPS) is 17.3. The standard InChI is InChI=1S/C16H18O3/c1-17-15-13-7-3-2-6-12(13)8-9-14(15)16-18-10-4-5-11-19-16/h2-3,6-9,16H,4-5,10-11H2,1H3. The number of fused-ring (bicyclic) bond motifs is 1. The Bertz CT molecular complexity index is 557. The molecule has 2 aromatic rings. The summed E-state index contributed by atoms with van der Waals surface area (Å²) in [6, 6.07) is 12.3. The fourth-order valence-corrected chi connectivity index (χ4v) is 2.49. The van der Waals surface area contributed by atoms with Gasteiger partial charge in [0.2, 0.25) is 0 Å². The van der Waals surface area contributed by atoms with E-state index in [0.717, 1.165) is 48.1 Å². The van der Waals surface area contributed by atoms with E-state index < -0.39 is 0 Å². The molecule has 3 heteroatoms. The van der Waals surface area contributed by atoms with Gasteiger partial charge >= 0.3 is 0 Å². The maximum atomic E-state index is 5.78. The van der Waals surface area contributed by atoms with Crippen LogP contribution in [0.4, 0.5) is 0 Å². The minimum Gasteiger partial charge on any atom is -0.496 e. The SMILES string of the molecule is COc1c(C2OCCCCO2)ccc2ccccc12. The van der Waals surface area contributed by atoms with Crippen LogP contribution in [-0.2, 0) is 9.47 Å². The van der Waals surface area contributed by atoms with E-state index in [1.54, 1.807) is 7.11 Å². The number of ether oxygens (including phenoxy) is 3. The molecule has 0 amide bonds. The lowest BCUT2D eigenvalue weighted by Gasteiger charge is -2.19. The first-order valence-corrected chi connectivity index (χ1v) is 6.69. The van der Waals surface area contributed by atoms with Gasteiger partial charge < -0.3 is 14.2 Å². The summed E-state index contributed by atoms with van der Waals surface area (Å²) in [5.74, 6) is 0.852. The maximum Gasteiger partial charge on any atom is 0.187 e. The van der Waals surface area contributed by atoms with E-state index in [1.165, 1.54) is 0 Å². The van der Waals surface area contributed by atoms with Crippen molar-refractivity contribution in [3.63, 3.8) is 0 Å². The minimum atomic E-state index is -0.318. The van der Waals surface area contributed by atoms with Crippen LogP contribution in [0, 0.1) is 0 Å². The molecular formula is C16H18O3. The number of hydrogen-bond acceptors (Lipinski definition) is 3. The van der Waals surface area contributed by atoms with Crippen LogP contribution in [0.3, 0.4) is 0 Å². The molecule has 100 valence electrons. The fourth-order valence-electron chi connectivity index (χ4n) is 2.49. The van der Waals surface area contributed by atoms with Crippen LogP contribution in [0.15, 0.2) is 36.4 Å². The average Bonchev–Trinajstić information content (AvgIpc) is 2.75. The van der Waals surface area contributed by atoms with Crippen LogP contribution in [0.2, 0.25) is 0 Å². The quantitative estimate of drug-likeness (QED) is 0.822. The van der Waals surface area contributed by atoms with Crippen LogP contribution in [0.1, 0.15) is 24.7 Å². The summed E-state index contributed by atoms with van der Waals surface area (Å²) in [7, 11) is 1.70. The molecule has 1 aliphatic rings. The zero-order valence-electron chi connectivity index (χ0n) is 11.1. The zero-order valence-corrected chi connectivity index (χ0v) is 11.1. The summed E-state index contributed by atoms with van der Waals surface area (Å²) in [5, 5.41) is 2.26. The first-order chi connectivity index (χ1) is 9.40. The molecule has 3 rings (SSSR count). The third kappa shape index (κ3) is 2.44. The molecule has 0 atom stereocenters. The molecule has 0 N–H and O–H groups in total. The number of hydrogen-bond donors (Lipinski definition) is 0. The first kappa shape index (κ1) is 12.5. The van der Waals surface area contributed by atoms with Crippen molar-refractivity contribution in [1.29, 1.82) is 0 Å². The van der Waals surface area contributed by atoms with Gasteiger partial charge in [-0.1, -0.05) is 30.3 Å². The van der Waals surface area contributed by atoms with Gasteiger partial charge in [0.1, 0.15) is 5.75 Å². The second kappa shape index (κ2) is 5.59. The summed E-state index contributed by atoms with van der Waals surface area (Å²) < 4.78 is 17.1. The lowest BCUT2D eigenvalue weighted by molar-refractivity contribution is -0.130. The van der Waals surface area contributed by atoms with Gasteiger partial charge in [0.25, 0.3) is 0 Å². The maximum absolute atomic E-state index is 5.78. The van der Waals surface area contributed by atoms with Crippen molar-refractivity contribution >= 4 is 10.8 Å². The molecule has 19 heavy (non-hydrogen) atoms. The molecule has 3 nitrogen and oxygen atoms in total. The highest BCUT2D eigenvalue weighted by Gasteiger charge is 2.20. The van der Waals surface area contributed by atoms with Crippen molar-refractivity contribution in [2.45, 2.75) is 19.1 Å². The van der Waals surface area contributed by atoms with E-state index in [4.69, 9.17) is 14.2 Å². The number of rotatable bonds is 2. The molecule has 0 unspecified atom stereocenters. The van der Waals surface area contributed by atoms with Crippen molar-refractivity contribution in [3.8, 4) is 5.75 Å². The van der Waals surface area contributed by atoms with E-state index in [2.05, 4.69) is 18.2 Å². The van der Waals surface area contributed by atoms with Gasteiger partial charge in [-0.3, -0.25) is 0 Å². The summed E-state index contributed by atoms with van der Waals surface area (Å²) >= 11 is 0. The van der Waals surface area contributed by atoms with Gasteiger partial charge in [-0.05, 0) is 24.3 Å². The monoisotopic (exact) mass is 258 g/mol. The van der Waals surface area contributed by atoms with Crippen LogP contribution >= 0.6 is 0 Å². The highest BCUT2D eigenvalue weighted by Crippen LogP contribution is 2.36. The van der Waals surface area contributed by atoms with E-state index in [-0.39, 0.29) is 6.29 Å². The van der Waals surface area contributed by atoms with Crippen LogP contribution in [0.25, 0.3) is 10.8 Å². The molecule has 1 aliphatic heterocycles.